The van der Waals surface area contributed by atoms with Crippen LogP contribution in [0.15, 0.2) is 30.3 Å². The lowest BCUT2D eigenvalue weighted by atomic mass is 9.89. The lowest BCUT2D eigenvalue weighted by molar-refractivity contribution is 0.219. The monoisotopic (exact) mass is 272 g/mol. The standard InChI is InChI=1S/C18H28N2/c1-2-20(14-15-6-4-3-5-7-15)11-10-16-12-17-8-9-18(13-16)19-17/h3-7,16-19H,2,8-14H2,1H3. The first kappa shape index (κ1) is 14.1. The van der Waals surface area contributed by atoms with Crippen molar-refractivity contribution in [3.8, 4) is 0 Å². The molecule has 0 radical (unpaired) electrons. The summed E-state index contributed by atoms with van der Waals surface area (Å²) >= 11 is 0. The fourth-order valence-electron chi connectivity index (χ4n) is 3.97. The normalized spacial score (nSPS) is 29.0. The van der Waals surface area contributed by atoms with Gasteiger partial charge in [0.05, 0.1) is 0 Å². The number of hydrogen-bond acceptors (Lipinski definition) is 2. The maximum Gasteiger partial charge on any atom is 0.0233 e. The molecule has 2 heterocycles. The number of piperidine rings is 1. The average Bonchev–Trinajstić information content (AvgIpc) is 2.83. The Morgan fingerprint density at radius 1 is 1.10 bits per heavy atom. The Morgan fingerprint density at radius 3 is 2.45 bits per heavy atom. The third-order valence-corrected chi connectivity index (χ3v) is 5.12. The molecule has 2 bridgehead atoms. The second-order valence-corrected chi connectivity index (χ2v) is 6.62. The third kappa shape index (κ3) is 3.62. The van der Waals surface area contributed by atoms with Gasteiger partial charge in [-0.05, 0) is 56.7 Å². The Hall–Kier alpha value is -0.860. The number of fused-ring (bicyclic) bond motifs is 2. The van der Waals surface area contributed by atoms with Gasteiger partial charge in [-0.1, -0.05) is 37.3 Å². The van der Waals surface area contributed by atoms with Crippen molar-refractivity contribution in [3.05, 3.63) is 35.9 Å². The van der Waals surface area contributed by atoms with Gasteiger partial charge in [-0.15, -0.1) is 0 Å². The molecular weight excluding hydrogens is 244 g/mol. The van der Waals surface area contributed by atoms with Gasteiger partial charge < -0.3 is 5.32 Å². The molecule has 2 aliphatic heterocycles. The van der Waals surface area contributed by atoms with E-state index in [0.29, 0.717) is 0 Å². The van der Waals surface area contributed by atoms with Gasteiger partial charge in [-0.2, -0.15) is 0 Å². The van der Waals surface area contributed by atoms with Crippen LogP contribution in [0.5, 0.6) is 0 Å². The summed E-state index contributed by atoms with van der Waals surface area (Å²) in [4.78, 5) is 2.60. The van der Waals surface area contributed by atoms with Gasteiger partial charge in [0.2, 0.25) is 0 Å². The summed E-state index contributed by atoms with van der Waals surface area (Å²) in [5.41, 5.74) is 1.44. The summed E-state index contributed by atoms with van der Waals surface area (Å²) in [7, 11) is 0. The van der Waals surface area contributed by atoms with Gasteiger partial charge in [0.1, 0.15) is 0 Å². The smallest absolute Gasteiger partial charge is 0.0233 e. The fourth-order valence-corrected chi connectivity index (χ4v) is 3.97. The van der Waals surface area contributed by atoms with Gasteiger partial charge >= 0.3 is 0 Å². The highest BCUT2D eigenvalue weighted by atomic mass is 15.1. The number of hydrogen-bond donors (Lipinski definition) is 1. The van der Waals surface area contributed by atoms with E-state index in [1.165, 1.54) is 44.2 Å². The maximum absolute atomic E-state index is 3.75. The van der Waals surface area contributed by atoms with Crippen LogP contribution in [0.4, 0.5) is 0 Å². The van der Waals surface area contributed by atoms with Crippen molar-refractivity contribution in [1.82, 2.24) is 10.2 Å². The highest BCUT2D eigenvalue weighted by Crippen LogP contribution is 2.32. The van der Waals surface area contributed by atoms with E-state index >= 15 is 0 Å². The van der Waals surface area contributed by atoms with Crippen LogP contribution in [0, 0.1) is 5.92 Å². The lowest BCUT2D eigenvalue weighted by Gasteiger charge is -2.31. The van der Waals surface area contributed by atoms with Gasteiger partial charge in [-0.25, -0.2) is 0 Å². The quantitative estimate of drug-likeness (QED) is 0.853. The Bertz CT molecular complexity index is 391. The minimum absolute atomic E-state index is 0.836. The van der Waals surface area contributed by atoms with Crippen molar-refractivity contribution < 1.29 is 0 Å². The number of nitrogens with zero attached hydrogens (tertiary/aromatic N) is 1. The molecule has 0 spiro atoms. The molecule has 2 heteroatoms. The van der Waals surface area contributed by atoms with Gasteiger partial charge in [0, 0.05) is 18.6 Å². The fraction of sp³-hybridized carbons (Fsp3) is 0.667. The molecule has 1 aromatic carbocycles. The van der Waals surface area contributed by atoms with Crippen LogP contribution < -0.4 is 5.32 Å². The van der Waals surface area contributed by atoms with Crippen molar-refractivity contribution in [2.45, 2.75) is 57.7 Å². The topological polar surface area (TPSA) is 15.3 Å². The van der Waals surface area contributed by atoms with Crippen LogP contribution in [-0.4, -0.2) is 30.1 Å². The zero-order valence-electron chi connectivity index (χ0n) is 12.7. The molecule has 110 valence electrons. The van der Waals surface area contributed by atoms with Crippen LogP contribution in [-0.2, 0) is 6.54 Å². The Balaban J connectivity index is 1.46. The minimum Gasteiger partial charge on any atom is -0.311 e. The number of nitrogens with one attached hydrogen (secondary N) is 1. The molecule has 3 rings (SSSR count). The summed E-state index contributed by atoms with van der Waals surface area (Å²) in [5, 5.41) is 3.75. The predicted molar refractivity (Wildman–Crippen MR) is 84.7 cm³/mol. The lowest BCUT2D eigenvalue weighted by Crippen LogP contribution is -2.39. The van der Waals surface area contributed by atoms with E-state index in [1.807, 2.05) is 0 Å². The number of benzene rings is 1. The van der Waals surface area contributed by atoms with E-state index in [0.717, 1.165) is 31.1 Å². The van der Waals surface area contributed by atoms with Crippen molar-refractivity contribution in [2.75, 3.05) is 13.1 Å². The van der Waals surface area contributed by atoms with Crippen LogP contribution in [0.2, 0.25) is 0 Å². The molecule has 1 N–H and O–H groups in total. The van der Waals surface area contributed by atoms with E-state index in [-0.39, 0.29) is 0 Å². The van der Waals surface area contributed by atoms with E-state index in [4.69, 9.17) is 0 Å². The van der Waals surface area contributed by atoms with Gasteiger partial charge in [0.25, 0.3) is 0 Å². The van der Waals surface area contributed by atoms with E-state index in [2.05, 4.69) is 47.5 Å². The first-order chi connectivity index (χ1) is 9.83. The Kier molecular flexibility index (Phi) is 4.74. The van der Waals surface area contributed by atoms with E-state index in [1.54, 1.807) is 0 Å². The highest BCUT2D eigenvalue weighted by Gasteiger charge is 2.33. The molecule has 0 aromatic heterocycles. The highest BCUT2D eigenvalue weighted by molar-refractivity contribution is 5.14. The average molecular weight is 272 g/mol. The van der Waals surface area contributed by atoms with Crippen LogP contribution in [0.1, 0.15) is 44.6 Å². The molecule has 2 aliphatic rings. The summed E-state index contributed by atoms with van der Waals surface area (Å²) in [6.45, 7) is 5.81. The Morgan fingerprint density at radius 2 is 1.80 bits per heavy atom. The second-order valence-electron chi connectivity index (χ2n) is 6.62. The summed E-state index contributed by atoms with van der Waals surface area (Å²) in [5.74, 6) is 0.957. The zero-order valence-corrected chi connectivity index (χ0v) is 12.7. The minimum atomic E-state index is 0.836. The molecule has 1 aromatic rings. The van der Waals surface area contributed by atoms with E-state index in [9.17, 15) is 0 Å². The maximum atomic E-state index is 3.75. The van der Waals surface area contributed by atoms with Crippen LogP contribution in [0.3, 0.4) is 0 Å². The summed E-state index contributed by atoms with van der Waals surface area (Å²) in [6.07, 6.45) is 7.06. The van der Waals surface area contributed by atoms with Crippen molar-refractivity contribution in [3.63, 3.8) is 0 Å². The van der Waals surface area contributed by atoms with Crippen LogP contribution >= 0.6 is 0 Å². The zero-order chi connectivity index (χ0) is 13.8. The Labute approximate surface area is 123 Å². The summed E-state index contributed by atoms with van der Waals surface area (Å²) < 4.78 is 0. The number of rotatable bonds is 6. The SMILES string of the molecule is CCN(CCC1CC2CCC(C1)N2)Cc1ccccc1. The van der Waals surface area contributed by atoms with E-state index < -0.39 is 0 Å². The van der Waals surface area contributed by atoms with Crippen molar-refractivity contribution in [2.24, 2.45) is 5.92 Å². The second kappa shape index (κ2) is 6.73. The largest absolute Gasteiger partial charge is 0.311 e. The van der Waals surface area contributed by atoms with Gasteiger partial charge in [0.15, 0.2) is 0 Å². The van der Waals surface area contributed by atoms with Crippen LogP contribution in [0.25, 0.3) is 0 Å². The predicted octanol–water partition coefficient (Wildman–Crippen LogP) is 3.43. The molecule has 2 saturated heterocycles. The molecule has 0 aliphatic carbocycles. The molecule has 0 amide bonds. The molecule has 0 saturated carbocycles. The molecule has 20 heavy (non-hydrogen) atoms. The molecule has 2 fully saturated rings. The molecule has 2 unspecified atom stereocenters. The summed E-state index contributed by atoms with van der Waals surface area (Å²) in [6, 6.07) is 12.6. The van der Waals surface area contributed by atoms with Gasteiger partial charge in [-0.3, -0.25) is 4.90 Å². The van der Waals surface area contributed by atoms with Crippen molar-refractivity contribution in [1.29, 1.82) is 0 Å². The van der Waals surface area contributed by atoms with Crippen molar-refractivity contribution >= 4 is 0 Å². The first-order valence-electron chi connectivity index (χ1n) is 8.36. The third-order valence-electron chi connectivity index (χ3n) is 5.12. The molecular formula is C18H28N2. The molecule has 2 nitrogen and oxygen atoms in total. The first-order valence-corrected chi connectivity index (χ1v) is 8.36. The molecule has 2 atom stereocenters.